The van der Waals surface area contributed by atoms with E-state index in [-0.39, 0.29) is 0 Å². The minimum Gasteiger partial charge on any atom is -0.0884 e. The SMILES string of the molecule is CCC(C)C(Br)Cc1ccc2ccccc2c1. The Morgan fingerprint density at radius 3 is 2.47 bits per heavy atom. The van der Waals surface area contributed by atoms with Gasteiger partial charge in [-0.25, -0.2) is 0 Å². The number of hydrogen-bond acceptors (Lipinski definition) is 0. The van der Waals surface area contributed by atoms with Crippen molar-refractivity contribution in [3.8, 4) is 0 Å². The fourth-order valence-corrected chi connectivity index (χ4v) is 2.80. The van der Waals surface area contributed by atoms with Crippen LogP contribution in [0, 0.1) is 5.92 Å². The minimum absolute atomic E-state index is 0.577. The molecule has 0 fully saturated rings. The zero-order valence-corrected chi connectivity index (χ0v) is 12.1. The average Bonchev–Trinajstić information content (AvgIpc) is 2.37. The summed E-state index contributed by atoms with van der Waals surface area (Å²) >= 11 is 3.80. The Morgan fingerprint density at radius 2 is 1.76 bits per heavy atom. The monoisotopic (exact) mass is 290 g/mol. The van der Waals surface area contributed by atoms with Crippen LogP contribution in [0.3, 0.4) is 0 Å². The van der Waals surface area contributed by atoms with Crippen LogP contribution < -0.4 is 0 Å². The summed E-state index contributed by atoms with van der Waals surface area (Å²) in [5, 5.41) is 2.67. The van der Waals surface area contributed by atoms with Crippen LogP contribution in [0.4, 0.5) is 0 Å². The quantitative estimate of drug-likeness (QED) is 0.680. The van der Waals surface area contributed by atoms with E-state index < -0.39 is 0 Å². The largest absolute Gasteiger partial charge is 0.0884 e. The fourth-order valence-electron chi connectivity index (χ4n) is 2.05. The number of alkyl halides is 1. The van der Waals surface area contributed by atoms with E-state index >= 15 is 0 Å². The summed E-state index contributed by atoms with van der Waals surface area (Å²) in [6.45, 7) is 4.56. The van der Waals surface area contributed by atoms with Crippen molar-refractivity contribution in [2.75, 3.05) is 0 Å². The van der Waals surface area contributed by atoms with Crippen molar-refractivity contribution in [1.29, 1.82) is 0 Å². The number of rotatable bonds is 4. The van der Waals surface area contributed by atoms with Crippen LogP contribution in [0.2, 0.25) is 0 Å². The van der Waals surface area contributed by atoms with E-state index in [0.29, 0.717) is 4.83 Å². The van der Waals surface area contributed by atoms with E-state index in [1.165, 1.54) is 22.8 Å². The van der Waals surface area contributed by atoms with Crippen LogP contribution in [0.5, 0.6) is 0 Å². The van der Waals surface area contributed by atoms with Gasteiger partial charge in [-0.3, -0.25) is 0 Å². The van der Waals surface area contributed by atoms with Crippen LogP contribution in [0.25, 0.3) is 10.8 Å². The normalized spacial score (nSPS) is 14.8. The third-order valence-electron chi connectivity index (χ3n) is 3.51. The molecule has 2 atom stereocenters. The molecule has 0 aliphatic carbocycles. The number of benzene rings is 2. The molecule has 0 aliphatic heterocycles. The molecule has 2 aromatic carbocycles. The molecule has 0 bridgehead atoms. The topological polar surface area (TPSA) is 0 Å². The van der Waals surface area contributed by atoms with Crippen molar-refractivity contribution in [3.05, 3.63) is 48.0 Å². The molecule has 0 N–H and O–H groups in total. The van der Waals surface area contributed by atoms with Gasteiger partial charge in [-0.15, -0.1) is 0 Å². The van der Waals surface area contributed by atoms with Gasteiger partial charge in [0.05, 0.1) is 0 Å². The molecule has 17 heavy (non-hydrogen) atoms. The van der Waals surface area contributed by atoms with Gasteiger partial charge in [-0.05, 0) is 28.7 Å². The smallest absolute Gasteiger partial charge is 0.0211 e. The summed E-state index contributed by atoms with van der Waals surface area (Å²) in [5.74, 6) is 0.724. The minimum atomic E-state index is 0.577. The maximum atomic E-state index is 3.80. The lowest BCUT2D eigenvalue weighted by Crippen LogP contribution is -2.12. The van der Waals surface area contributed by atoms with Crippen molar-refractivity contribution in [2.45, 2.75) is 31.5 Å². The highest BCUT2D eigenvalue weighted by molar-refractivity contribution is 9.09. The fraction of sp³-hybridized carbons (Fsp3) is 0.375. The molecule has 2 aromatic rings. The maximum Gasteiger partial charge on any atom is 0.0211 e. The Balaban J connectivity index is 2.19. The standard InChI is InChI=1S/C16H19Br/c1-3-12(2)16(17)11-13-8-9-14-6-4-5-7-15(14)10-13/h4-10,12,16H,3,11H2,1-2H3. The zero-order chi connectivity index (χ0) is 12.3. The Hall–Kier alpha value is -0.820. The van der Waals surface area contributed by atoms with E-state index in [2.05, 4.69) is 72.2 Å². The van der Waals surface area contributed by atoms with Crippen LogP contribution in [0.1, 0.15) is 25.8 Å². The van der Waals surface area contributed by atoms with Crippen LogP contribution in [0.15, 0.2) is 42.5 Å². The second kappa shape index (κ2) is 5.68. The Labute approximate surface area is 112 Å². The molecular weight excluding hydrogens is 272 g/mol. The van der Waals surface area contributed by atoms with E-state index in [1.54, 1.807) is 0 Å². The third-order valence-corrected chi connectivity index (χ3v) is 4.73. The summed E-state index contributed by atoms with van der Waals surface area (Å²) < 4.78 is 0. The summed E-state index contributed by atoms with van der Waals surface area (Å²) in [4.78, 5) is 0.577. The van der Waals surface area contributed by atoms with Crippen molar-refractivity contribution < 1.29 is 0 Å². The molecular formula is C16H19Br. The molecule has 1 heteroatoms. The Morgan fingerprint density at radius 1 is 1.06 bits per heavy atom. The van der Waals surface area contributed by atoms with Gasteiger partial charge in [0.2, 0.25) is 0 Å². The molecule has 2 unspecified atom stereocenters. The summed E-state index contributed by atoms with van der Waals surface area (Å²) in [7, 11) is 0. The molecule has 0 amide bonds. The number of hydrogen-bond donors (Lipinski definition) is 0. The Kier molecular flexibility index (Phi) is 4.22. The average molecular weight is 291 g/mol. The highest BCUT2D eigenvalue weighted by atomic mass is 79.9. The molecule has 2 rings (SSSR count). The Bertz CT molecular complexity index is 490. The van der Waals surface area contributed by atoms with Crippen molar-refractivity contribution in [3.63, 3.8) is 0 Å². The van der Waals surface area contributed by atoms with Crippen LogP contribution >= 0.6 is 15.9 Å². The summed E-state index contributed by atoms with van der Waals surface area (Å²) in [6.07, 6.45) is 2.34. The lowest BCUT2D eigenvalue weighted by Gasteiger charge is -2.16. The van der Waals surface area contributed by atoms with E-state index in [0.717, 1.165) is 12.3 Å². The maximum absolute atomic E-state index is 3.80. The molecule has 0 spiro atoms. The lowest BCUT2D eigenvalue weighted by atomic mass is 9.97. The summed E-state index contributed by atoms with van der Waals surface area (Å²) in [5.41, 5.74) is 1.42. The molecule has 90 valence electrons. The van der Waals surface area contributed by atoms with E-state index in [4.69, 9.17) is 0 Å². The molecule has 0 saturated carbocycles. The van der Waals surface area contributed by atoms with Gasteiger partial charge in [-0.1, -0.05) is 78.7 Å². The van der Waals surface area contributed by atoms with Gasteiger partial charge in [0.25, 0.3) is 0 Å². The number of fused-ring (bicyclic) bond motifs is 1. The van der Waals surface area contributed by atoms with Gasteiger partial charge in [0.1, 0.15) is 0 Å². The first-order valence-electron chi connectivity index (χ1n) is 6.32. The van der Waals surface area contributed by atoms with E-state index in [1.807, 2.05) is 0 Å². The second-order valence-corrected chi connectivity index (χ2v) is 5.96. The molecule has 0 radical (unpaired) electrons. The van der Waals surface area contributed by atoms with E-state index in [9.17, 15) is 0 Å². The molecule has 0 aromatic heterocycles. The number of halogens is 1. The van der Waals surface area contributed by atoms with Gasteiger partial charge < -0.3 is 0 Å². The molecule has 0 nitrogen and oxygen atoms in total. The molecule has 0 aliphatic rings. The highest BCUT2D eigenvalue weighted by Crippen LogP contribution is 2.23. The first-order chi connectivity index (χ1) is 8.20. The summed E-state index contributed by atoms with van der Waals surface area (Å²) in [6, 6.07) is 15.3. The van der Waals surface area contributed by atoms with Gasteiger partial charge in [-0.2, -0.15) is 0 Å². The zero-order valence-electron chi connectivity index (χ0n) is 10.5. The molecule has 0 heterocycles. The van der Waals surface area contributed by atoms with Gasteiger partial charge in [0, 0.05) is 4.83 Å². The van der Waals surface area contributed by atoms with Crippen molar-refractivity contribution in [1.82, 2.24) is 0 Å². The van der Waals surface area contributed by atoms with Crippen LogP contribution in [-0.2, 0) is 6.42 Å². The van der Waals surface area contributed by atoms with Gasteiger partial charge >= 0.3 is 0 Å². The molecule has 0 saturated heterocycles. The lowest BCUT2D eigenvalue weighted by molar-refractivity contribution is 0.538. The van der Waals surface area contributed by atoms with Gasteiger partial charge in [0.15, 0.2) is 0 Å². The first-order valence-corrected chi connectivity index (χ1v) is 7.24. The first kappa shape index (κ1) is 12.6. The highest BCUT2D eigenvalue weighted by Gasteiger charge is 2.12. The van der Waals surface area contributed by atoms with Crippen molar-refractivity contribution >= 4 is 26.7 Å². The van der Waals surface area contributed by atoms with Crippen molar-refractivity contribution in [2.24, 2.45) is 5.92 Å². The third kappa shape index (κ3) is 3.10. The second-order valence-electron chi connectivity index (χ2n) is 4.79. The van der Waals surface area contributed by atoms with Crippen LogP contribution in [-0.4, -0.2) is 4.83 Å². The predicted octanol–water partition coefficient (Wildman–Crippen LogP) is 5.19. The predicted molar refractivity (Wildman–Crippen MR) is 79.8 cm³/mol.